The van der Waals surface area contributed by atoms with Gasteiger partial charge in [-0.05, 0) is 23.8 Å². The average Bonchev–Trinajstić information content (AvgIpc) is 2.35. The molecular weight excluding hydrogens is 217 g/mol. The van der Waals surface area contributed by atoms with Gasteiger partial charge in [0.2, 0.25) is 5.88 Å². The Labute approximate surface area is 99.1 Å². The molecule has 1 radical (unpaired) electrons. The van der Waals surface area contributed by atoms with Crippen molar-refractivity contribution in [2.24, 2.45) is 0 Å². The predicted octanol–water partition coefficient (Wildman–Crippen LogP) is 3.20. The Morgan fingerprint density at radius 2 is 2.18 bits per heavy atom. The summed E-state index contributed by atoms with van der Waals surface area (Å²) in [6.07, 6.45) is 8.26. The van der Waals surface area contributed by atoms with Crippen LogP contribution in [-0.4, -0.2) is 4.98 Å². The fraction of sp³-hybridized carbons (Fsp3) is 0. The van der Waals surface area contributed by atoms with Crippen molar-refractivity contribution in [1.82, 2.24) is 4.98 Å². The van der Waals surface area contributed by atoms with E-state index in [1.54, 1.807) is 30.5 Å². The van der Waals surface area contributed by atoms with E-state index in [0.717, 1.165) is 0 Å². The van der Waals surface area contributed by atoms with Gasteiger partial charge in [-0.3, -0.25) is 0 Å². The van der Waals surface area contributed by atoms with E-state index in [1.165, 1.54) is 18.6 Å². The summed E-state index contributed by atoms with van der Waals surface area (Å²) in [5, 5.41) is 0. The van der Waals surface area contributed by atoms with Crippen LogP contribution < -0.4 is 4.74 Å². The van der Waals surface area contributed by atoms with Gasteiger partial charge in [0.1, 0.15) is 0 Å². The van der Waals surface area contributed by atoms with E-state index < -0.39 is 5.82 Å². The third-order valence-electron chi connectivity index (χ3n) is 2.06. The largest absolute Gasteiger partial charge is 0.436 e. The maximum absolute atomic E-state index is 13.5. The first-order valence-corrected chi connectivity index (χ1v) is 4.97. The smallest absolute Gasteiger partial charge is 0.219 e. The molecule has 2 nitrogen and oxygen atoms in total. The first-order chi connectivity index (χ1) is 8.29. The quantitative estimate of drug-likeness (QED) is 0.750. The molecule has 1 aromatic carbocycles. The van der Waals surface area contributed by atoms with Crippen LogP contribution in [0.15, 0.2) is 42.6 Å². The molecule has 0 amide bonds. The molecule has 0 aliphatic heterocycles. The third kappa shape index (κ3) is 2.82. The van der Waals surface area contributed by atoms with Crippen LogP contribution in [0.5, 0.6) is 11.6 Å². The summed E-state index contributed by atoms with van der Waals surface area (Å²) in [7, 11) is 0. The lowest BCUT2D eigenvalue weighted by Crippen LogP contribution is -1.91. The van der Waals surface area contributed by atoms with E-state index >= 15 is 0 Å². The molecule has 0 saturated carbocycles. The van der Waals surface area contributed by atoms with Crippen LogP contribution in [0.4, 0.5) is 4.39 Å². The van der Waals surface area contributed by atoms with Crippen molar-refractivity contribution < 1.29 is 9.13 Å². The van der Waals surface area contributed by atoms with Gasteiger partial charge in [-0.25, -0.2) is 9.37 Å². The minimum absolute atomic E-state index is 0.104. The summed E-state index contributed by atoms with van der Waals surface area (Å²) in [6, 6.07) is 9.59. The Balaban J connectivity index is 2.26. The lowest BCUT2D eigenvalue weighted by Gasteiger charge is -2.06. The Hall–Kier alpha value is -2.34. The number of hydrogen-bond donors (Lipinski definition) is 0. The minimum atomic E-state index is -0.454. The fourth-order valence-corrected chi connectivity index (χ4v) is 1.30. The maximum atomic E-state index is 13.5. The second kappa shape index (κ2) is 5.13. The summed E-state index contributed by atoms with van der Waals surface area (Å²) >= 11 is 0. The number of nitrogens with zero attached hydrogens (tertiary/aromatic N) is 1. The first-order valence-electron chi connectivity index (χ1n) is 4.97. The molecule has 0 spiro atoms. The second-order valence-corrected chi connectivity index (χ2v) is 3.27. The summed E-state index contributed by atoms with van der Waals surface area (Å²) in [4.78, 5) is 3.95. The number of benzene rings is 1. The van der Waals surface area contributed by atoms with Crippen molar-refractivity contribution >= 4 is 0 Å². The molecule has 1 heterocycles. The minimum Gasteiger partial charge on any atom is -0.436 e. The molecule has 0 saturated heterocycles. The van der Waals surface area contributed by atoms with Crippen LogP contribution in [0.3, 0.4) is 0 Å². The number of pyridine rings is 1. The number of terminal acetylenes is 1. The molecule has 0 fully saturated rings. The Morgan fingerprint density at radius 3 is 2.88 bits per heavy atom. The van der Waals surface area contributed by atoms with Gasteiger partial charge in [-0.1, -0.05) is 18.1 Å². The van der Waals surface area contributed by atoms with Crippen LogP contribution in [0.2, 0.25) is 0 Å². The molecule has 17 heavy (non-hydrogen) atoms. The zero-order chi connectivity index (χ0) is 12.1. The molecule has 3 heteroatoms. The van der Waals surface area contributed by atoms with E-state index in [-0.39, 0.29) is 5.75 Å². The van der Waals surface area contributed by atoms with E-state index in [0.29, 0.717) is 11.4 Å². The van der Waals surface area contributed by atoms with Crippen molar-refractivity contribution in [1.29, 1.82) is 0 Å². The van der Waals surface area contributed by atoms with Gasteiger partial charge in [0.05, 0.1) is 6.42 Å². The summed E-state index contributed by atoms with van der Waals surface area (Å²) in [5.41, 5.74) is 0.708. The van der Waals surface area contributed by atoms with Crippen molar-refractivity contribution in [3.8, 4) is 24.0 Å². The van der Waals surface area contributed by atoms with E-state index in [9.17, 15) is 4.39 Å². The second-order valence-electron chi connectivity index (χ2n) is 3.27. The molecular formula is C14H9FNO. The SMILES string of the molecule is C#C[CH]c1ccc(F)c(Oc2ccccn2)c1. The van der Waals surface area contributed by atoms with Crippen molar-refractivity contribution in [3.63, 3.8) is 0 Å². The molecule has 0 N–H and O–H groups in total. The molecule has 2 aromatic rings. The van der Waals surface area contributed by atoms with Gasteiger partial charge in [0, 0.05) is 12.3 Å². The molecule has 0 atom stereocenters. The summed E-state index contributed by atoms with van der Waals surface area (Å²) < 4.78 is 18.8. The molecule has 0 aliphatic carbocycles. The third-order valence-corrected chi connectivity index (χ3v) is 2.06. The standard InChI is InChI=1S/C14H9FNO/c1-2-5-11-7-8-12(15)13(10-11)17-14-6-3-4-9-16-14/h1,3-10H. The highest BCUT2D eigenvalue weighted by atomic mass is 19.1. The Bertz CT molecular complexity index is 546. The lowest BCUT2D eigenvalue weighted by atomic mass is 10.1. The Morgan fingerprint density at radius 1 is 1.29 bits per heavy atom. The molecule has 0 unspecified atom stereocenters. The summed E-state index contributed by atoms with van der Waals surface area (Å²) in [6.45, 7) is 0. The highest BCUT2D eigenvalue weighted by Gasteiger charge is 2.06. The lowest BCUT2D eigenvalue weighted by molar-refractivity contribution is 0.427. The van der Waals surface area contributed by atoms with Gasteiger partial charge in [-0.2, -0.15) is 0 Å². The average molecular weight is 226 g/mol. The van der Waals surface area contributed by atoms with Crippen LogP contribution >= 0.6 is 0 Å². The van der Waals surface area contributed by atoms with Crippen LogP contribution in [-0.2, 0) is 0 Å². The van der Waals surface area contributed by atoms with E-state index in [1.807, 2.05) is 0 Å². The monoisotopic (exact) mass is 226 g/mol. The van der Waals surface area contributed by atoms with Crippen molar-refractivity contribution in [3.05, 3.63) is 60.4 Å². The highest BCUT2D eigenvalue weighted by Crippen LogP contribution is 2.24. The number of halogens is 1. The predicted molar refractivity (Wildman–Crippen MR) is 62.9 cm³/mol. The highest BCUT2D eigenvalue weighted by molar-refractivity contribution is 5.39. The van der Waals surface area contributed by atoms with E-state index in [2.05, 4.69) is 10.9 Å². The zero-order valence-electron chi connectivity index (χ0n) is 8.93. The van der Waals surface area contributed by atoms with Crippen molar-refractivity contribution in [2.45, 2.75) is 0 Å². The van der Waals surface area contributed by atoms with E-state index in [4.69, 9.17) is 11.2 Å². The summed E-state index contributed by atoms with van der Waals surface area (Å²) in [5.74, 6) is 2.36. The number of hydrogen-bond acceptors (Lipinski definition) is 2. The van der Waals surface area contributed by atoms with Crippen molar-refractivity contribution in [2.75, 3.05) is 0 Å². The molecule has 83 valence electrons. The fourth-order valence-electron chi connectivity index (χ4n) is 1.30. The molecule has 0 bridgehead atoms. The number of ether oxygens (including phenoxy) is 1. The first kappa shape index (κ1) is 11.2. The maximum Gasteiger partial charge on any atom is 0.219 e. The van der Waals surface area contributed by atoms with Crippen LogP contribution in [0, 0.1) is 24.6 Å². The molecule has 1 aromatic heterocycles. The Kier molecular flexibility index (Phi) is 3.37. The topological polar surface area (TPSA) is 22.1 Å². The van der Waals surface area contributed by atoms with Gasteiger partial charge in [-0.15, -0.1) is 6.42 Å². The van der Waals surface area contributed by atoms with Crippen LogP contribution in [0.25, 0.3) is 0 Å². The number of aromatic nitrogens is 1. The van der Waals surface area contributed by atoms with Gasteiger partial charge >= 0.3 is 0 Å². The number of rotatable bonds is 3. The van der Waals surface area contributed by atoms with Crippen LogP contribution in [0.1, 0.15) is 5.56 Å². The molecule has 0 aliphatic rings. The van der Waals surface area contributed by atoms with Gasteiger partial charge in [0.15, 0.2) is 11.6 Å². The molecule has 2 rings (SSSR count). The van der Waals surface area contributed by atoms with Gasteiger partial charge < -0.3 is 4.74 Å². The van der Waals surface area contributed by atoms with Gasteiger partial charge in [0.25, 0.3) is 0 Å². The normalized spacial score (nSPS) is 9.65. The zero-order valence-corrected chi connectivity index (χ0v) is 8.93.